The van der Waals surface area contributed by atoms with E-state index in [1.165, 1.54) is 0 Å². The van der Waals surface area contributed by atoms with Crippen LogP contribution in [0.1, 0.15) is 32.0 Å². The van der Waals surface area contributed by atoms with Gasteiger partial charge in [0, 0.05) is 18.2 Å². The van der Waals surface area contributed by atoms with Crippen molar-refractivity contribution in [1.29, 1.82) is 0 Å². The predicted molar refractivity (Wildman–Crippen MR) is 103 cm³/mol. The van der Waals surface area contributed by atoms with Crippen molar-refractivity contribution in [2.75, 3.05) is 5.32 Å². The molecule has 4 rings (SSSR count). The van der Waals surface area contributed by atoms with Crippen molar-refractivity contribution in [3.05, 3.63) is 83.0 Å². The summed E-state index contributed by atoms with van der Waals surface area (Å²) in [5.41, 5.74) is 2.26. The van der Waals surface area contributed by atoms with Crippen LogP contribution in [-0.4, -0.2) is 38.9 Å². The van der Waals surface area contributed by atoms with Crippen LogP contribution in [-0.2, 0) is 11.2 Å². The molecule has 7 nitrogen and oxygen atoms in total. The number of rotatable bonds is 5. The van der Waals surface area contributed by atoms with Gasteiger partial charge in [0.25, 0.3) is 11.8 Å². The summed E-state index contributed by atoms with van der Waals surface area (Å²) in [7, 11) is 0. The summed E-state index contributed by atoms with van der Waals surface area (Å²) in [5, 5.41) is 9.46. The van der Waals surface area contributed by atoms with Crippen molar-refractivity contribution in [3.63, 3.8) is 0 Å². The number of nitrogens with one attached hydrogen (secondary N) is 2. The molecule has 2 aromatic carbocycles. The monoisotopic (exact) mass is 374 g/mol. The number of H-pyrrole nitrogens is 1. The minimum atomic E-state index is -0.994. The van der Waals surface area contributed by atoms with E-state index in [4.69, 9.17) is 0 Å². The molecule has 3 amide bonds. The fourth-order valence-electron chi connectivity index (χ4n) is 3.32. The second-order valence-corrected chi connectivity index (χ2v) is 6.66. The maximum Gasteiger partial charge on any atom is 0.262 e. The van der Waals surface area contributed by atoms with Gasteiger partial charge in [-0.1, -0.05) is 42.5 Å². The Morgan fingerprint density at radius 2 is 1.64 bits per heavy atom. The van der Waals surface area contributed by atoms with E-state index in [2.05, 4.69) is 15.5 Å². The SMILES string of the molecule is Cc1cc(NC(=O)C(Cc2ccccc2)N2C(=O)c3ccccc3C2=O)n[nH]1. The highest BCUT2D eigenvalue weighted by Gasteiger charge is 2.42. The van der Waals surface area contributed by atoms with Crippen LogP contribution in [0.5, 0.6) is 0 Å². The summed E-state index contributed by atoms with van der Waals surface area (Å²) < 4.78 is 0. The topological polar surface area (TPSA) is 95.2 Å². The number of imide groups is 1. The van der Waals surface area contributed by atoms with Crippen LogP contribution in [0.2, 0.25) is 0 Å². The van der Waals surface area contributed by atoms with Gasteiger partial charge in [0.15, 0.2) is 5.82 Å². The molecule has 7 heteroatoms. The highest BCUT2D eigenvalue weighted by atomic mass is 16.2. The Morgan fingerprint density at radius 3 is 2.21 bits per heavy atom. The van der Waals surface area contributed by atoms with Crippen molar-refractivity contribution >= 4 is 23.5 Å². The van der Waals surface area contributed by atoms with Gasteiger partial charge in [-0.2, -0.15) is 5.10 Å². The molecule has 0 bridgehead atoms. The summed E-state index contributed by atoms with van der Waals surface area (Å²) in [6.45, 7) is 1.81. The fraction of sp³-hybridized carbons (Fsp3) is 0.143. The Balaban J connectivity index is 1.68. The van der Waals surface area contributed by atoms with Crippen molar-refractivity contribution in [2.45, 2.75) is 19.4 Å². The lowest BCUT2D eigenvalue weighted by Gasteiger charge is -2.25. The van der Waals surface area contributed by atoms with Crippen molar-refractivity contribution in [2.24, 2.45) is 0 Å². The molecule has 28 heavy (non-hydrogen) atoms. The number of aromatic amines is 1. The third-order valence-electron chi connectivity index (χ3n) is 4.67. The lowest BCUT2D eigenvalue weighted by atomic mass is 10.0. The number of aromatic nitrogens is 2. The van der Waals surface area contributed by atoms with Gasteiger partial charge < -0.3 is 5.32 Å². The number of fused-ring (bicyclic) bond motifs is 1. The van der Waals surface area contributed by atoms with Crippen molar-refractivity contribution in [1.82, 2.24) is 15.1 Å². The van der Waals surface area contributed by atoms with Crippen LogP contribution in [0.15, 0.2) is 60.7 Å². The van der Waals surface area contributed by atoms with E-state index < -0.39 is 23.8 Å². The van der Waals surface area contributed by atoms with E-state index >= 15 is 0 Å². The average Bonchev–Trinajstić information content (AvgIpc) is 3.22. The van der Waals surface area contributed by atoms with Crippen LogP contribution in [0.3, 0.4) is 0 Å². The molecule has 0 spiro atoms. The summed E-state index contributed by atoms with van der Waals surface area (Å²) in [5.74, 6) is -1.05. The average molecular weight is 374 g/mol. The first-order chi connectivity index (χ1) is 13.5. The molecule has 140 valence electrons. The molecular weight excluding hydrogens is 356 g/mol. The highest BCUT2D eigenvalue weighted by Crippen LogP contribution is 2.26. The zero-order valence-electron chi connectivity index (χ0n) is 15.2. The zero-order valence-corrected chi connectivity index (χ0v) is 15.2. The van der Waals surface area contributed by atoms with E-state index in [0.717, 1.165) is 16.2 Å². The summed E-state index contributed by atoms with van der Waals surface area (Å²) >= 11 is 0. The number of aryl methyl sites for hydroxylation is 1. The Kier molecular flexibility index (Phi) is 4.49. The Hall–Kier alpha value is -3.74. The molecule has 0 fully saturated rings. The minimum absolute atomic E-state index is 0.210. The normalized spacial score (nSPS) is 14.1. The third kappa shape index (κ3) is 3.18. The molecule has 0 radical (unpaired) electrons. The van der Waals surface area contributed by atoms with Gasteiger partial charge in [-0.15, -0.1) is 0 Å². The van der Waals surface area contributed by atoms with E-state index in [1.807, 2.05) is 37.3 Å². The molecule has 0 saturated carbocycles. The van der Waals surface area contributed by atoms with Crippen LogP contribution in [0, 0.1) is 6.92 Å². The molecule has 1 aliphatic heterocycles. The second-order valence-electron chi connectivity index (χ2n) is 6.66. The smallest absolute Gasteiger partial charge is 0.262 e. The summed E-state index contributed by atoms with van der Waals surface area (Å²) in [6.07, 6.45) is 0.210. The molecule has 1 aromatic heterocycles. The number of anilines is 1. The van der Waals surface area contributed by atoms with E-state index in [9.17, 15) is 14.4 Å². The summed E-state index contributed by atoms with van der Waals surface area (Å²) in [4.78, 5) is 39.9. The van der Waals surface area contributed by atoms with Crippen LogP contribution < -0.4 is 5.32 Å². The molecule has 0 saturated heterocycles. The molecule has 2 heterocycles. The molecule has 2 N–H and O–H groups in total. The first-order valence-corrected chi connectivity index (χ1v) is 8.88. The van der Waals surface area contributed by atoms with E-state index in [1.54, 1.807) is 30.3 Å². The Bertz CT molecular complexity index is 1020. The van der Waals surface area contributed by atoms with Gasteiger partial charge in [-0.05, 0) is 24.6 Å². The van der Waals surface area contributed by atoms with Gasteiger partial charge in [-0.25, -0.2) is 0 Å². The van der Waals surface area contributed by atoms with Crippen LogP contribution >= 0.6 is 0 Å². The number of carbonyl (C=O) groups excluding carboxylic acids is 3. The van der Waals surface area contributed by atoms with Crippen LogP contribution in [0.4, 0.5) is 5.82 Å². The largest absolute Gasteiger partial charge is 0.307 e. The first-order valence-electron chi connectivity index (χ1n) is 8.88. The van der Waals surface area contributed by atoms with Crippen molar-refractivity contribution in [3.8, 4) is 0 Å². The minimum Gasteiger partial charge on any atom is -0.307 e. The molecule has 0 aliphatic carbocycles. The third-order valence-corrected chi connectivity index (χ3v) is 4.67. The standard InChI is InChI=1S/C21H18N4O3/c1-13-11-18(24-23-13)22-19(26)17(12-14-7-3-2-4-8-14)25-20(27)15-9-5-6-10-16(15)21(25)28/h2-11,17H,12H2,1H3,(H2,22,23,24,26). The molecular formula is C21H18N4O3. The Morgan fingerprint density at radius 1 is 1.04 bits per heavy atom. The number of hydrogen-bond donors (Lipinski definition) is 2. The Labute approximate surface area is 161 Å². The highest BCUT2D eigenvalue weighted by molar-refractivity contribution is 6.23. The van der Waals surface area contributed by atoms with Gasteiger partial charge in [-0.3, -0.25) is 24.4 Å². The summed E-state index contributed by atoms with van der Waals surface area (Å²) in [6, 6.07) is 16.6. The van der Waals surface area contributed by atoms with Gasteiger partial charge in [0.1, 0.15) is 6.04 Å². The zero-order chi connectivity index (χ0) is 19.7. The maximum atomic E-state index is 13.0. The second kappa shape index (κ2) is 7.11. The fourth-order valence-corrected chi connectivity index (χ4v) is 3.32. The first kappa shape index (κ1) is 17.7. The van der Waals surface area contributed by atoms with Gasteiger partial charge in [0.05, 0.1) is 11.1 Å². The van der Waals surface area contributed by atoms with Gasteiger partial charge in [0.2, 0.25) is 5.91 Å². The van der Waals surface area contributed by atoms with Crippen LogP contribution in [0.25, 0.3) is 0 Å². The van der Waals surface area contributed by atoms with Crippen molar-refractivity contribution < 1.29 is 14.4 Å². The number of hydrogen-bond acceptors (Lipinski definition) is 4. The number of carbonyl (C=O) groups is 3. The maximum absolute atomic E-state index is 13.0. The lowest BCUT2D eigenvalue weighted by Crippen LogP contribution is -2.48. The molecule has 1 unspecified atom stereocenters. The van der Waals surface area contributed by atoms with Gasteiger partial charge >= 0.3 is 0 Å². The lowest BCUT2D eigenvalue weighted by molar-refractivity contribution is -0.120. The number of amides is 3. The predicted octanol–water partition coefficient (Wildman–Crippen LogP) is 2.56. The number of benzene rings is 2. The number of nitrogens with zero attached hydrogens (tertiary/aromatic N) is 2. The molecule has 3 aromatic rings. The van der Waals surface area contributed by atoms with E-state index in [0.29, 0.717) is 16.9 Å². The van der Waals surface area contributed by atoms with E-state index in [-0.39, 0.29) is 6.42 Å². The molecule has 1 aliphatic rings. The molecule has 1 atom stereocenters. The quantitative estimate of drug-likeness (QED) is 0.671.